The molecule has 1 aromatic carbocycles. The number of carbonyl (C=O) groups is 5. The van der Waals surface area contributed by atoms with Gasteiger partial charge in [-0.3, -0.25) is 34.1 Å². The van der Waals surface area contributed by atoms with Gasteiger partial charge in [-0.15, -0.1) is 0 Å². The Hall–Kier alpha value is -4.37. The second-order valence-electron chi connectivity index (χ2n) is 8.73. The van der Waals surface area contributed by atoms with E-state index in [0.717, 1.165) is 40.0 Å². The van der Waals surface area contributed by atoms with Gasteiger partial charge in [-0.25, -0.2) is 0 Å². The summed E-state index contributed by atoms with van der Waals surface area (Å²) in [5, 5.41) is 11.0. The number of non-ortho nitro benzene ring substituents is 1. The lowest BCUT2D eigenvalue weighted by atomic mass is 9.96. The Kier molecular flexibility index (Phi) is 9.90. The third-order valence-electron chi connectivity index (χ3n) is 5.67. The highest BCUT2D eigenvalue weighted by atomic mass is 16.7. The Morgan fingerprint density at radius 1 is 0.875 bits per heavy atom. The minimum Gasteiger partial charge on any atom is -0.490 e. The Morgan fingerprint density at radius 3 is 2.00 bits per heavy atom. The zero-order valence-corrected chi connectivity index (χ0v) is 21.9. The standard InChI is InChI=1S/C25H27NO14/c1-12(27)35-11-19-22(36-13(2)28)23(37-14(3)29)24(38-15(4)30)25(39-19)40-21-18(31)9-10-34-20(21)16-5-7-17(8-6-16)26(32)33/h5-10,19-25H,11H2,1-4H3/t19-,20+,21+,22-,23+,24-,25+/m1/s1. The van der Waals surface area contributed by atoms with E-state index in [2.05, 4.69) is 0 Å². The van der Waals surface area contributed by atoms with Crippen LogP contribution in [0.4, 0.5) is 5.69 Å². The van der Waals surface area contributed by atoms with Gasteiger partial charge in [0.15, 0.2) is 42.6 Å². The van der Waals surface area contributed by atoms with Crippen molar-refractivity contribution in [1.29, 1.82) is 0 Å². The van der Waals surface area contributed by atoms with Gasteiger partial charge in [-0.2, -0.15) is 0 Å². The summed E-state index contributed by atoms with van der Waals surface area (Å²) in [6.07, 6.45) is -7.75. The number of carbonyl (C=O) groups excluding carboxylic acids is 5. The van der Waals surface area contributed by atoms with E-state index in [1.54, 1.807) is 0 Å². The predicted molar refractivity (Wildman–Crippen MR) is 128 cm³/mol. The number of benzene rings is 1. The number of hydrogen-bond donors (Lipinski definition) is 0. The molecule has 1 fully saturated rings. The minimum atomic E-state index is -1.63. The molecule has 40 heavy (non-hydrogen) atoms. The van der Waals surface area contributed by atoms with Crippen LogP contribution in [0, 0.1) is 10.1 Å². The summed E-state index contributed by atoms with van der Waals surface area (Å²) >= 11 is 0. The van der Waals surface area contributed by atoms with Gasteiger partial charge in [0, 0.05) is 45.9 Å². The number of ether oxygens (including phenoxy) is 7. The van der Waals surface area contributed by atoms with Crippen LogP contribution >= 0.6 is 0 Å². The quantitative estimate of drug-likeness (QED) is 0.179. The number of nitrogens with zero attached hydrogens (tertiary/aromatic N) is 1. The third kappa shape index (κ3) is 7.60. The lowest BCUT2D eigenvalue weighted by Gasteiger charge is -2.45. The molecule has 15 heteroatoms. The summed E-state index contributed by atoms with van der Waals surface area (Å²) < 4.78 is 38.5. The molecule has 15 nitrogen and oxygen atoms in total. The van der Waals surface area contributed by atoms with Crippen LogP contribution in [0.15, 0.2) is 36.6 Å². The summed E-state index contributed by atoms with van der Waals surface area (Å²) in [6.45, 7) is 3.85. The smallest absolute Gasteiger partial charge is 0.303 e. The summed E-state index contributed by atoms with van der Waals surface area (Å²) in [5.41, 5.74) is 0.136. The van der Waals surface area contributed by atoms with Gasteiger partial charge < -0.3 is 33.2 Å². The summed E-state index contributed by atoms with van der Waals surface area (Å²) in [5.74, 6) is -3.79. The van der Waals surface area contributed by atoms with Crippen LogP contribution in [0.5, 0.6) is 0 Å². The zero-order valence-electron chi connectivity index (χ0n) is 21.9. The molecule has 0 N–H and O–H groups in total. The number of nitro groups is 1. The number of hydrogen-bond acceptors (Lipinski definition) is 14. The maximum Gasteiger partial charge on any atom is 0.303 e. The van der Waals surface area contributed by atoms with Crippen molar-refractivity contribution in [3.8, 4) is 0 Å². The molecular formula is C25H27NO14. The first-order valence-electron chi connectivity index (χ1n) is 11.9. The lowest BCUT2D eigenvalue weighted by molar-refractivity contribution is -0.384. The van der Waals surface area contributed by atoms with Crippen molar-refractivity contribution in [3.05, 3.63) is 52.3 Å². The molecule has 216 valence electrons. The Bertz CT molecular complexity index is 1180. The monoisotopic (exact) mass is 565 g/mol. The van der Waals surface area contributed by atoms with Crippen LogP contribution in [0.25, 0.3) is 0 Å². The molecule has 2 heterocycles. The van der Waals surface area contributed by atoms with Crippen molar-refractivity contribution in [1.82, 2.24) is 0 Å². The van der Waals surface area contributed by atoms with E-state index in [1.807, 2.05) is 0 Å². The van der Waals surface area contributed by atoms with Crippen molar-refractivity contribution in [2.75, 3.05) is 6.61 Å². The van der Waals surface area contributed by atoms with Crippen LogP contribution in [-0.2, 0) is 57.1 Å². The molecule has 1 saturated heterocycles. The van der Waals surface area contributed by atoms with Crippen LogP contribution < -0.4 is 0 Å². The molecule has 0 radical (unpaired) electrons. The van der Waals surface area contributed by atoms with E-state index in [9.17, 15) is 34.1 Å². The maximum atomic E-state index is 12.9. The summed E-state index contributed by atoms with van der Waals surface area (Å²) in [6, 6.07) is 5.18. The fourth-order valence-corrected chi connectivity index (χ4v) is 4.13. The first kappa shape index (κ1) is 30.2. The first-order valence-corrected chi connectivity index (χ1v) is 11.9. The van der Waals surface area contributed by atoms with Gasteiger partial charge in [-0.05, 0) is 17.7 Å². The summed E-state index contributed by atoms with van der Waals surface area (Å²) in [7, 11) is 0. The average Bonchev–Trinajstić information content (AvgIpc) is 2.86. The highest BCUT2D eigenvalue weighted by Gasteiger charge is 2.54. The maximum absolute atomic E-state index is 12.9. The van der Waals surface area contributed by atoms with E-state index in [1.165, 1.54) is 24.3 Å². The largest absolute Gasteiger partial charge is 0.490 e. The van der Waals surface area contributed by atoms with Crippen LogP contribution in [0.1, 0.15) is 39.4 Å². The van der Waals surface area contributed by atoms with Gasteiger partial charge in [0.2, 0.25) is 0 Å². The van der Waals surface area contributed by atoms with Crippen molar-refractivity contribution >= 4 is 35.3 Å². The fraction of sp³-hybridized carbons (Fsp3) is 0.480. The molecule has 0 aromatic heterocycles. The number of ketones is 1. The van der Waals surface area contributed by atoms with Crippen LogP contribution in [-0.4, -0.2) is 78.0 Å². The van der Waals surface area contributed by atoms with Crippen LogP contribution in [0.3, 0.4) is 0 Å². The minimum absolute atomic E-state index is 0.196. The third-order valence-corrected chi connectivity index (χ3v) is 5.67. The van der Waals surface area contributed by atoms with E-state index < -0.39 is 84.1 Å². The lowest BCUT2D eigenvalue weighted by Crippen LogP contribution is -2.63. The van der Waals surface area contributed by atoms with E-state index in [4.69, 9.17) is 33.2 Å². The van der Waals surface area contributed by atoms with Crippen LogP contribution in [0.2, 0.25) is 0 Å². The molecule has 2 aliphatic heterocycles. The molecule has 7 atom stereocenters. The second-order valence-corrected chi connectivity index (χ2v) is 8.73. The highest BCUT2D eigenvalue weighted by molar-refractivity contribution is 5.94. The van der Waals surface area contributed by atoms with E-state index in [0.29, 0.717) is 5.56 Å². The summed E-state index contributed by atoms with van der Waals surface area (Å²) in [4.78, 5) is 70.8. The van der Waals surface area contributed by atoms with Crippen molar-refractivity contribution < 1.29 is 62.1 Å². The van der Waals surface area contributed by atoms with Gasteiger partial charge in [-0.1, -0.05) is 0 Å². The molecule has 2 aliphatic rings. The number of nitro benzene ring substituents is 1. The van der Waals surface area contributed by atoms with Crippen molar-refractivity contribution in [2.45, 2.75) is 70.6 Å². The van der Waals surface area contributed by atoms with Gasteiger partial charge in [0.05, 0.1) is 11.2 Å². The Labute approximate surface area is 227 Å². The second kappa shape index (κ2) is 13.1. The molecular weight excluding hydrogens is 538 g/mol. The topological polar surface area (TPSA) is 193 Å². The van der Waals surface area contributed by atoms with E-state index >= 15 is 0 Å². The average molecular weight is 565 g/mol. The first-order chi connectivity index (χ1) is 18.9. The van der Waals surface area contributed by atoms with E-state index in [-0.39, 0.29) is 5.69 Å². The molecule has 0 bridgehead atoms. The zero-order chi connectivity index (χ0) is 29.6. The molecule has 0 aliphatic carbocycles. The molecule has 0 amide bonds. The molecule has 1 aromatic rings. The fourth-order valence-electron chi connectivity index (χ4n) is 4.13. The molecule has 3 rings (SSSR count). The molecule has 0 spiro atoms. The number of esters is 4. The molecule has 0 unspecified atom stereocenters. The number of rotatable bonds is 9. The Balaban J connectivity index is 2.01. The van der Waals surface area contributed by atoms with Gasteiger partial charge >= 0.3 is 23.9 Å². The SMILES string of the molecule is CC(=O)OC[C@H]1O[C@@H](O[C@H]2C(=O)C=CO[C@H]2c2ccc([N+](=O)[O-])cc2)[C@H](OC(C)=O)[C@@H](OC(C)=O)[C@@H]1OC(C)=O. The Morgan fingerprint density at radius 2 is 1.45 bits per heavy atom. The van der Waals surface area contributed by atoms with Gasteiger partial charge in [0.1, 0.15) is 12.7 Å². The van der Waals surface area contributed by atoms with Crippen molar-refractivity contribution in [3.63, 3.8) is 0 Å². The predicted octanol–water partition coefficient (Wildman–Crippen LogP) is 1.22. The van der Waals surface area contributed by atoms with Crippen molar-refractivity contribution in [2.24, 2.45) is 0 Å². The normalized spacial score (nSPS) is 27.6. The molecule has 0 saturated carbocycles. The van der Waals surface area contributed by atoms with Gasteiger partial charge in [0.25, 0.3) is 5.69 Å². The highest BCUT2D eigenvalue weighted by Crippen LogP contribution is 2.35.